The Kier molecular flexibility index (Phi) is 4.73. The van der Waals surface area contributed by atoms with Gasteiger partial charge in [0.05, 0.1) is 11.8 Å². The van der Waals surface area contributed by atoms with E-state index in [0.717, 1.165) is 29.3 Å². The van der Waals surface area contributed by atoms with Crippen LogP contribution in [0.3, 0.4) is 0 Å². The van der Waals surface area contributed by atoms with E-state index < -0.39 is 0 Å². The Morgan fingerprint density at radius 2 is 2.07 bits per heavy atom. The molecule has 1 aliphatic heterocycles. The third-order valence-electron chi connectivity index (χ3n) is 5.77. The summed E-state index contributed by atoms with van der Waals surface area (Å²) in [6.45, 7) is 6.98. The maximum absolute atomic E-state index is 13.2. The van der Waals surface area contributed by atoms with Gasteiger partial charge in [0, 0.05) is 23.1 Å². The number of thioether (sulfide) groups is 1. The third-order valence-corrected chi connectivity index (χ3v) is 6.68. The molecule has 4 heterocycles. The number of H-pyrrole nitrogens is 1. The Balaban J connectivity index is 1.38. The number of rotatable bonds is 4. The standard InChI is InChI=1S/C22H24N6OS/c1-13(2)22-21-16(15-6-4-5-7-17(15)23-21)10-11-27(22)20(29)12-30-19-9-8-18-25-24-14(3)28(18)26-19/h4-9,13,22-23H,10-12H2,1-3H3. The molecule has 4 aromatic rings. The van der Waals surface area contributed by atoms with Gasteiger partial charge in [-0.15, -0.1) is 10.2 Å². The van der Waals surface area contributed by atoms with Crippen LogP contribution in [-0.4, -0.2) is 47.9 Å². The van der Waals surface area contributed by atoms with Crippen LogP contribution < -0.4 is 0 Å². The molecular weight excluding hydrogens is 396 g/mol. The lowest BCUT2D eigenvalue weighted by atomic mass is 9.90. The lowest BCUT2D eigenvalue weighted by Gasteiger charge is -2.38. The summed E-state index contributed by atoms with van der Waals surface area (Å²) in [6.07, 6.45) is 0.878. The number of amides is 1. The molecule has 1 amide bonds. The number of aryl methyl sites for hydroxylation is 1. The molecule has 5 rings (SSSR count). The summed E-state index contributed by atoms with van der Waals surface area (Å²) in [4.78, 5) is 18.9. The van der Waals surface area contributed by atoms with Crippen molar-refractivity contribution in [3.8, 4) is 0 Å². The zero-order chi connectivity index (χ0) is 20.8. The highest BCUT2D eigenvalue weighted by atomic mass is 32.2. The van der Waals surface area contributed by atoms with Gasteiger partial charge in [0.2, 0.25) is 5.91 Å². The minimum Gasteiger partial charge on any atom is -0.356 e. The van der Waals surface area contributed by atoms with Crippen molar-refractivity contribution < 1.29 is 4.79 Å². The average Bonchev–Trinajstić information content (AvgIpc) is 3.31. The highest BCUT2D eigenvalue weighted by Crippen LogP contribution is 2.38. The SMILES string of the molecule is Cc1nnc2ccc(SCC(=O)N3CCc4c([nH]c5ccccc45)C3C(C)C)nn12. The summed E-state index contributed by atoms with van der Waals surface area (Å²) < 4.78 is 1.71. The molecule has 7 nitrogen and oxygen atoms in total. The molecular formula is C22H24N6OS. The Labute approximate surface area is 178 Å². The van der Waals surface area contributed by atoms with Crippen molar-refractivity contribution in [1.82, 2.24) is 29.7 Å². The first-order valence-corrected chi connectivity index (χ1v) is 11.2. The van der Waals surface area contributed by atoms with Crippen LogP contribution in [0.4, 0.5) is 0 Å². The fraction of sp³-hybridized carbons (Fsp3) is 0.364. The summed E-state index contributed by atoms with van der Waals surface area (Å²) in [5, 5.41) is 14.7. The molecule has 30 heavy (non-hydrogen) atoms. The van der Waals surface area contributed by atoms with Crippen LogP contribution in [-0.2, 0) is 11.2 Å². The van der Waals surface area contributed by atoms with E-state index in [1.54, 1.807) is 4.52 Å². The number of aromatic amines is 1. The lowest BCUT2D eigenvalue weighted by molar-refractivity contribution is -0.132. The fourth-order valence-electron chi connectivity index (χ4n) is 4.42. The van der Waals surface area contributed by atoms with Crippen molar-refractivity contribution in [2.45, 2.75) is 38.3 Å². The molecule has 0 fully saturated rings. The summed E-state index contributed by atoms with van der Waals surface area (Å²) in [6, 6.07) is 12.3. The number of aromatic nitrogens is 5. The molecule has 1 aromatic carbocycles. The summed E-state index contributed by atoms with van der Waals surface area (Å²) in [5.41, 5.74) is 4.41. The van der Waals surface area contributed by atoms with Crippen molar-refractivity contribution in [2.75, 3.05) is 12.3 Å². The highest BCUT2D eigenvalue weighted by molar-refractivity contribution is 7.99. The second kappa shape index (κ2) is 7.43. The predicted octanol–water partition coefficient (Wildman–Crippen LogP) is 3.79. The van der Waals surface area contributed by atoms with Crippen molar-refractivity contribution in [1.29, 1.82) is 0 Å². The Bertz CT molecular complexity index is 1240. The lowest BCUT2D eigenvalue weighted by Crippen LogP contribution is -2.43. The molecule has 1 aliphatic rings. The molecule has 0 saturated carbocycles. The van der Waals surface area contributed by atoms with Gasteiger partial charge in [-0.2, -0.15) is 9.61 Å². The van der Waals surface area contributed by atoms with Gasteiger partial charge in [-0.05, 0) is 43.0 Å². The van der Waals surface area contributed by atoms with Gasteiger partial charge in [-0.1, -0.05) is 43.8 Å². The molecule has 1 N–H and O–H groups in total. The summed E-state index contributed by atoms with van der Waals surface area (Å²) in [7, 11) is 0. The Morgan fingerprint density at radius 1 is 1.23 bits per heavy atom. The number of hydrogen-bond donors (Lipinski definition) is 1. The van der Waals surface area contributed by atoms with E-state index in [1.165, 1.54) is 28.4 Å². The van der Waals surface area contributed by atoms with Crippen LogP contribution in [0.15, 0.2) is 41.4 Å². The minimum atomic E-state index is 0.0600. The Morgan fingerprint density at radius 3 is 2.90 bits per heavy atom. The topological polar surface area (TPSA) is 79.2 Å². The summed E-state index contributed by atoms with van der Waals surface area (Å²) in [5.74, 6) is 1.56. The van der Waals surface area contributed by atoms with Gasteiger partial charge >= 0.3 is 0 Å². The molecule has 0 saturated heterocycles. The number of carbonyl (C=O) groups excluding carboxylic acids is 1. The number of carbonyl (C=O) groups is 1. The number of benzene rings is 1. The first-order chi connectivity index (χ1) is 14.5. The highest BCUT2D eigenvalue weighted by Gasteiger charge is 2.35. The second-order valence-corrected chi connectivity index (χ2v) is 9.06. The van der Waals surface area contributed by atoms with Crippen molar-refractivity contribution in [3.05, 3.63) is 53.5 Å². The molecule has 0 bridgehead atoms. The quantitative estimate of drug-likeness (QED) is 0.508. The van der Waals surface area contributed by atoms with Gasteiger partial charge in [0.25, 0.3) is 0 Å². The number of nitrogens with one attached hydrogen (secondary N) is 1. The van der Waals surface area contributed by atoms with Crippen LogP contribution in [0.2, 0.25) is 0 Å². The van der Waals surface area contributed by atoms with Crippen LogP contribution >= 0.6 is 11.8 Å². The maximum Gasteiger partial charge on any atom is 0.233 e. The molecule has 1 atom stereocenters. The molecule has 154 valence electrons. The first kappa shape index (κ1) is 19.1. The van der Waals surface area contributed by atoms with Gasteiger partial charge < -0.3 is 9.88 Å². The monoisotopic (exact) mass is 420 g/mol. The van der Waals surface area contributed by atoms with E-state index in [0.29, 0.717) is 17.3 Å². The van der Waals surface area contributed by atoms with Crippen LogP contribution in [0.1, 0.15) is 37.0 Å². The van der Waals surface area contributed by atoms with Gasteiger partial charge in [-0.25, -0.2) is 0 Å². The van der Waals surface area contributed by atoms with E-state index in [1.807, 2.05) is 24.0 Å². The van der Waals surface area contributed by atoms with Crippen molar-refractivity contribution in [2.24, 2.45) is 5.92 Å². The predicted molar refractivity (Wildman–Crippen MR) is 118 cm³/mol. The van der Waals surface area contributed by atoms with E-state index in [2.05, 4.69) is 58.4 Å². The summed E-state index contributed by atoms with van der Waals surface area (Å²) >= 11 is 1.46. The second-order valence-electron chi connectivity index (χ2n) is 8.07. The molecule has 8 heteroatoms. The largest absolute Gasteiger partial charge is 0.356 e. The van der Waals surface area contributed by atoms with E-state index in [9.17, 15) is 4.79 Å². The van der Waals surface area contributed by atoms with Crippen LogP contribution in [0, 0.1) is 12.8 Å². The molecule has 3 aromatic heterocycles. The van der Waals surface area contributed by atoms with E-state index in [-0.39, 0.29) is 11.9 Å². The van der Waals surface area contributed by atoms with E-state index >= 15 is 0 Å². The Hall–Kier alpha value is -2.87. The van der Waals surface area contributed by atoms with Gasteiger partial charge in [0.1, 0.15) is 5.03 Å². The fourth-order valence-corrected chi connectivity index (χ4v) is 5.16. The van der Waals surface area contributed by atoms with Gasteiger partial charge in [0.15, 0.2) is 11.5 Å². The smallest absolute Gasteiger partial charge is 0.233 e. The number of hydrogen-bond acceptors (Lipinski definition) is 5. The first-order valence-electron chi connectivity index (χ1n) is 10.2. The van der Waals surface area contributed by atoms with Crippen LogP contribution in [0.5, 0.6) is 0 Å². The van der Waals surface area contributed by atoms with Gasteiger partial charge in [-0.3, -0.25) is 4.79 Å². The average molecular weight is 421 g/mol. The van der Waals surface area contributed by atoms with Crippen molar-refractivity contribution in [3.63, 3.8) is 0 Å². The molecule has 1 unspecified atom stereocenters. The maximum atomic E-state index is 13.2. The van der Waals surface area contributed by atoms with Crippen LogP contribution in [0.25, 0.3) is 16.6 Å². The third kappa shape index (κ3) is 3.15. The molecule has 0 radical (unpaired) electrons. The number of fused-ring (bicyclic) bond motifs is 4. The van der Waals surface area contributed by atoms with E-state index in [4.69, 9.17) is 0 Å². The zero-order valence-electron chi connectivity index (χ0n) is 17.3. The zero-order valence-corrected chi connectivity index (χ0v) is 18.1. The number of para-hydroxylation sites is 1. The minimum absolute atomic E-state index is 0.0600. The number of nitrogens with zero attached hydrogens (tertiary/aromatic N) is 5. The van der Waals surface area contributed by atoms with Crippen molar-refractivity contribution >= 4 is 34.2 Å². The normalized spacial score (nSPS) is 16.5. The molecule has 0 spiro atoms. The molecule has 0 aliphatic carbocycles.